The molecule has 0 bridgehead atoms. The molecular formula is C15H15N5O. The smallest absolute Gasteiger partial charge is 0.139 e. The summed E-state index contributed by atoms with van der Waals surface area (Å²) in [6.45, 7) is 1.71. The molecule has 0 aliphatic carbocycles. The van der Waals surface area contributed by atoms with Gasteiger partial charge in [0.15, 0.2) is 0 Å². The largest absolute Gasteiger partial charge is 0.391 e. The predicted molar refractivity (Wildman–Crippen MR) is 77.7 cm³/mol. The Morgan fingerprint density at radius 1 is 1.19 bits per heavy atom. The monoisotopic (exact) mass is 281 g/mol. The third kappa shape index (κ3) is 2.86. The Bertz CT molecular complexity index is 677. The molecule has 1 heterocycles. The number of rotatable bonds is 5. The van der Waals surface area contributed by atoms with E-state index >= 15 is 0 Å². The first-order chi connectivity index (χ1) is 10.2. The molecule has 0 unspecified atom stereocenters. The molecule has 0 amide bonds. The van der Waals surface area contributed by atoms with Crippen molar-refractivity contribution in [2.45, 2.75) is 13.5 Å². The van der Waals surface area contributed by atoms with E-state index in [-0.39, 0.29) is 19.7 Å². The minimum Gasteiger partial charge on any atom is -0.391 e. The number of aliphatic hydroxyl groups excluding tert-OH is 1. The van der Waals surface area contributed by atoms with Crippen LogP contribution in [0, 0.1) is 29.6 Å². The summed E-state index contributed by atoms with van der Waals surface area (Å²) in [5.74, 6) is 0.587. The minimum atomic E-state index is -0.193. The van der Waals surface area contributed by atoms with E-state index in [0.29, 0.717) is 17.1 Å². The molecule has 0 radical (unpaired) electrons. The summed E-state index contributed by atoms with van der Waals surface area (Å²) >= 11 is 0. The van der Waals surface area contributed by atoms with Crippen LogP contribution in [0.1, 0.15) is 11.3 Å². The Kier molecular flexibility index (Phi) is 4.55. The maximum Gasteiger partial charge on any atom is 0.139 e. The van der Waals surface area contributed by atoms with Crippen molar-refractivity contribution < 1.29 is 5.11 Å². The average molecular weight is 281 g/mol. The molecule has 1 aromatic carbocycles. The van der Waals surface area contributed by atoms with Crippen LogP contribution in [0.5, 0.6) is 0 Å². The summed E-state index contributed by atoms with van der Waals surface area (Å²) in [6.07, 6.45) is 0. The molecule has 0 saturated carbocycles. The van der Waals surface area contributed by atoms with Crippen molar-refractivity contribution in [3.05, 3.63) is 41.6 Å². The van der Waals surface area contributed by atoms with Crippen LogP contribution < -0.4 is 4.90 Å². The number of nitrogens with zero attached hydrogens (tertiary/aromatic N) is 5. The topological polar surface area (TPSA) is 88.9 Å². The van der Waals surface area contributed by atoms with E-state index < -0.39 is 0 Å². The van der Waals surface area contributed by atoms with Crippen molar-refractivity contribution in [1.29, 1.82) is 10.5 Å². The van der Waals surface area contributed by atoms with Crippen molar-refractivity contribution in [2.24, 2.45) is 0 Å². The Hall–Kier alpha value is -2.83. The average Bonchev–Trinajstić information content (AvgIpc) is 2.84. The molecule has 0 atom stereocenters. The Morgan fingerprint density at radius 2 is 1.81 bits per heavy atom. The maximum atomic E-state index is 9.60. The highest BCUT2D eigenvalue weighted by molar-refractivity contribution is 5.56. The normalized spacial score (nSPS) is 9.90. The summed E-state index contributed by atoms with van der Waals surface area (Å²) in [7, 11) is 0. The van der Waals surface area contributed by atoms with Crippen molar-refractivity contribution in [3.8, 4) is 17.8 Å². The van der Waals surface area contributed by atoms with Gasteiger partial charge in [-0.1, -0.05) is 18.2 Å². The fourth-order valence-corrected chi connectivity index (χ4v) is 2.18. The van der Waals surface area contributed by atoms with Gasteiger partial charge < -0.3 is 10.0 Å². The minimum absolute atomic E-state index is 0.0541. The van der Waals surface area contributed by atoms with E-state index in [9.17, 15) is 5.11 Å². The molecule has 0 spiro atoms. The number of nitriles is 2. The summed E-state index contributed by atoms with van der Waals surface area (Å²) in [4.78, 5) is 1.61. The van der Waals surface area contributed by atoms with Crippen LogP contribution in [0.2, 0.25) is 0 Å². The van der Waals surface area contributed by atoms with E-state index in [2.05, 4.69) is 5.10 Å². The molecule has 2 rings (SSSR count). The summed E-state index contributed by atoms with van der Waals surface area (Å²) in [5, 5.41) is 32.0. The molecule has 0 aliphatic rings. The standard InChI is InChI=1S/C15H15N5O/c1-12-14(11-21)15(19(9-7-16)10-8-17)20(18-12)13-5-3-2-4-6-13/h2-6,21H,9-11H2,1H3. The first kappa shape index (κ1) is 14.6. The van der Waals surface area contributed by atoms with Crippen LogP contribution in [0.15, 0.2) is 30.3 Å². The van der Waals surface area contributed by atoms with Gasteiger partial charge in [0, 0.05) is 5.56 Å². The highest BCUT2D eigenvalue weighted by atomic mass is 16.3. The van der Waals surface area contributed by atoms with Gasteiger partial charge in [0.25, 0.3) is 0 Å². The lowest BCUT2D eigenvalue weighted by molar-refractivity contribution is 0.281. The van der Waals surface area contributed by atoms with Crippen LogP contribution in [-0.4, -0.2) is 28.0 Å². The zero-order valence-corrected chi connectivity index (χ0v) is 11.7. The van der Waals surface area contributed by atoms with Gasteiger partial charge >= 0.3 is 0 Å². The van der Waals surface area contributed by atoms with Crippen LogP contribution in [0.3, 0.4) is 0 Å². The van der Waals surface area contributed by atoms with Gasteiger partial charge in [-0.25, -0.2) is 4.68 Å². The van der Waals surface area contributed by atoms with E-state index in [1.54, 1.807) is 16.5 Å². The molecule has 106 valence electrons. The SMILES string of the molecule is Cc1nn(-c2ccccc2)c(N(CC#N)CC#N)c1CO. The lowest BCUT2D eigenvalue weighted by atomic mass is 10.2. The van der Waals surface area contributed by atoms with Crippen molar-refractivity contribution >= 4 is 5.82 Å². The molecule has 1 N–H and O–H groups in total. The number of para-hydroxylation sites is 1. The van der Waals surface area contributed by atoms with Crippen molar-refractivity contribution in [3.63, 3.8) is 0 Å². The number of hydrogen-bond acceptors (Lipinski definition) is 5. The van der Waals surface area contributed by atoms with Gasteiger partial charge in [-0.2, -0.15) is 15.6 Å². The number of hydrogen-bond donors (Lipinski definition) is 1. The van der Waals surface area contributed by atoms with Gasteiger partial charge in [-0.3, -0.25) is 0 Å². The fourth-order valence-electron chi connectivity index (χ4n) is 2.18. The van der Waals surface area contributed by atoms with E-state index in [1.165, 1.54) is 0 Å². The first-order valence-electron chi connectivity index (χ1n) is 6.46. The Balaban J connectivity index is 2.62. The molecule has 21 heavy (non-hydrogen) atoms. The predicted octanol–water partition coefficient (Wildman–Crippen LogP) is 1.53. The highest BCUT2D eigenvalue weighted by Crippen LogP contribution is 2.27. The molecular weight excluding hydrogens is 266 g/mol. The number of aromatic nitrogens is 2. The lowest BCUT2D eigenvalue weighted by Gasteiger charge is -2.21. The molecule has 0 fully saturated rings. The number of anilines is 1. The van der Waals surface area contributed by atoms with Crippen molar-refractivity contribution in [1.82, 2.24) is 9.78 Å². The van der Waals surface area contributed by atoms with Crippen molar-refractivity contribution in [2.75, 3.05) is 18.0 Å². The van der Waals surface area contributed by atoms with Gasteiger partial charge in [0.2, 0.25) is 0 Å². The van der Waals surface area contributed by atoms with E-state index in [0.717, 1.165) is 5.69 Å². The molecule has 0 saturated heterocycles. The number of benzene rings is 1. The lowest BCUT2D eigenvalue weighted by Crippen LogP contribution is -2.27. The maximum absolute atomic E-state index is 9.60. The third-order valence-electron chi connectivity index (χ3n) is 3.14. The van der Waals surface area contributed by atoms with Gasteiger partial charge in [-0.15, -0.1) is 0 Å². The van der Waals surface area contributed by atoms with Crippen LogP contribution >= 0.6 is 0 Å². The van der Waals surface area contributed by atoms with E-state index in [1.807, 2.05) is 42.5 Å². The van der Waals surface area contributed by atoms with Crippen LogP contribution in [0.25, 0.3) is 5.69 Å². The zero-order valence-electron chi connectivity index (χ0n) is 11.7. The van der Waals surface area contributed by atoms with Gasteiger partial charge in [-0.05, 0) is 19.1 Å². The first-order valence-corrected chi connectivity index (χ1v) is 6.46. The summed E-state index contributed by atoms with van der Waals surface area (Å²) < 4.78 is 1.66. The van der Waals surface area contributed by atoms with Crippen LogP contribution in [-0.2, 0) is 6.61 Å². The quantitative estimate of drug-likeness (QED) is 0.839. The summed E-state index contributed by atoms with van der Waals surface area (Å²) in [6, 6.07) is 13.5. The van der Waals surface area contributed by atoms with Crippen LogP contribution in [0.4, 0.5) is 5.82 Å². The molecule has 1 aromatic heterocycles. The molecule has 0 aliphatic heterocycles. The third-order valence-corrected chi connectivity index (χ3v) is 3.14. The second-order valence-corrected chi connectivity index (χ2v) is 4.47. The highest BCUT2D eigenvalue weighted by Gasteiger charge is 2.21. The molecule has 6 heteroatoms. The molecule has 6 nitrogen and oxygen atoms in total. The Morgan fingerprint density at radius 3 is 2.33 bits per heavy atom. The van der Waals surface area contributed by atoms with Gasteiger partial charge in [0.05, 0.1) is 30.1 Å². The number of aliphatic hydroxyl groups is 1. The molecule has 2 aromatic rings. The second kappa shape index (κ2) is 6.56. The van der Waals surface area contributed by atoms with E-state index in [4.69, 9.17) is 10.5 Å². The fraction of sp³-hybridized carbons (Fsp3) is 0.267. The zero-order chi connectivity index (χ0) is 15.2. The van der Waals surface area contributed by atoms with Gasteiger partial charge in [0.1, 0.15) is 18.9 Å². The number of aryl methyl sites for hydroxylation is 1. The Labute approximate surface area is 123 Å². The second-order valence-electron chi connectivity index (χ2n) is 4.47. The summed E-state index contributed by atoms with van der Waals surface area (Å²) in [5.41, 5.74) is 2.12.